The van der Waals surface area contributed by atoms with Crippen molar-refractivity contribution < 1.29 is 9.18 Å². The summed E-state index contributed by atoms with van der Waals surface area (Å²) in [7, 11) is 1.69. The van der Waals surface area contributed by atoms with Gasteiger partial charge in [-0.25, -0.2) is 9.38 Å². The van der Waals surface area contributed by atoms with Crippen molar-refractivity contribution in [2.24, 2.45) is 10.9 Å². The maximum atomic E-state index is 14.5. The second-order valence-electron chi connectivity index (χ2n) is 7.44. The first-order chi connectivity index (χ1) is 14.0. The fraction of sp³-hybridized carbons (Fsp3) is 0.636. The van der Waals surface area contributed by atoms with Crippen LogP contribution in [0.25, 0.3) is 0 Å². The number of hydrogen-bond acceptors (Lipinski definition) is 3. The van der Waals surface area contributed by atoms with Crippen LogP contribution in [0.2, 0.25) is 0 Å². The molecule has 0 unspecified atom stereocenters. The molecule has 1 amide bonds. The lowest BCUT2D eigenvalue weighted by Gasteiger charge is -2.34. The van der Waals surface area contributed by atoms with Crippen molar-refractivity contribution in [2.45, 2.75) is 46.6 Å². The summed E-state index contributed by atoms with van der Waals surface area (Å²) in [5.41, 5.74) is 1.51. The predicted molar refractivity (Wildman–Crippen MR) is 133 cm³/mol. The zero-order valence-corrected chi connectivity index (χ0v) is 21.0. The summed E-state index contributed by atoms with van der Waals surface area (Å²) >= 11 is 0. The van der Waals surface area contributed by atoms with Crippen LogP contribution in [0.15, 0.2) is 23.2 Å². The Morgan fingerprint density at radius 2 is 1.90 bits per heavy atom. The first-order valence-electron chi connectivity index (χ1n) is 10.8. The Morgan fingerprint density at radius 1 is 1.23 bits per heavy atom. The van der Waals surface area contributed by atoms with E-state index in [2.05, 4.69) is 15.5 Å². The molecule has 1 fully saturated rings. The van der Waals surface area contributed by atoms with E-state index in [1.165, 1.54) is 0 Å². The van der Waals surface area contributed by atoms with E-state index >= 15 is 0 Å². The van der Waals surface area contributed by atoms with Crippen LogP contribution in [0.4, 0.5) is 10.1 Å². The molecule has 1 saturated heterocycles. The molecule has 1 aliphatic heterocycles. The lowest BCUT2D eigenvalue weighted by molar-refractivity contribution is -0.121. The topological polar surface area (TPSA) is 60.0 Å². The van der Waals surface area contributed by atoms with Crippen LogP contribution in [0, 0.1) is 11.7 Å². The van der Waals surface area contributed by atoms with E-state index in [0.29, 0.717) is 24.6 Å². The molecule has 1 aromatic rings. The first-order valence-corrected chi connectivity index (χ1v) is 10.8. The van der Waals surface area contributed by atoms with Crippen molar-refractivity contribution in [1.29, 1.82) is 0 Å². The smallest absolute Gasteiger partial charge is 0.220 e. The average molecular weight is 533 g/mol. The number of guanidine groups is 1. The number of halogens is 2. The number of nitrogens with one attached hydrogen (secondary N) is 2. The molecule has 170 valence electrons. The van der Waals surface area contributed by atoms with Crippen LogP contribution in [0.5, 0.6) is 0 Å². The van der Waals surface area contributed by atoms with E-state index in [0.717, 1.165) is 57.1 Å². The molecule has 0 atom stereocenters. The zero-order chi connectivity index (χ0) is 21.2. The second kappa shape index (κ2) is 13.7. The lowest BCUT2D eigenvalue weighted by atomic mass is 9.93. The van der Waals surface area contributed by atoms with Gasteiger partial charge in [0.25, 0.3) is 0 Å². The Morgan fingerprint density at radius 3 is 2.43 bits per heavy atom. The molecule has 6 nitrogen and oxygen atoms in total. The summed E-state index contributed by atoms with van der Waals surface area (Å²) < 4.78 is 14.5. The molecule has 0 aromatic heterocycles. The summed E-state index contributed by atoms with van der Waals surface area (Å²) in [5, 5.41) is 6.05. The van der Waals surface area contributed by atoms with Gasteiger partial charge >= 0.3 is 0 Å². The standard InChI is InChI=1S/C22H36FN5O.HI/c1-5-25-22(28-12-10-17(11-13-28)15-21(29)24-4)26-16-18-8-9-20(19(23)14-18)27(6-2)7-3;/h8-9,14,17H,5-7,10-13,15-16H2,1-4H3,(H,24,29)(H,25,26);1H. The number of piperidine rings is 1. The van der Waals surface area contributed by atoms with Gasteiger partial charge in [-0.05, 0) is 57.2 Å². The van der Waals surface area contributed by atoms with Crippen molar-refractivity contribution in [3.8, 4) is 0 Å². The van der Waals surface area contributed by atoms with Crippen molar-refractivity contribution >= 4 is 41.5 Å². The molecule has 1 aromatic carbocycles. The third-order valence-electron chi connectivity index (χ3n) is 5.53. The molecule has 8 heteroatoms. The fourth-order valence-corrected chi connectivity index (χ4v) is 3.77. The minimum atomic E-state index is -0.193. The summed E-state index contributed by atoms with van der Waals surface area (Å²) in [6, 6.07) is 5.40. The normalized spacial score (nSPS) is 14.8. The molecule has 1 aliphatic rings. The lowest BCUT2D eigenvalue weighted by Crippen LogP contribution is -2.46. The number of rotatable bonds is 8. The summed E-state index contributed by atoms with van der Waals surface area (Å²) in [4.78, 5) is 20.6. The molecule has 0 spiro atoms. The van der Waals surface area contributed by atoms with Gasteiger partial charge in [0.15, 0.2) is 5.96 Å². The largest absolute Gasteiger partial charge is 0.370 e. The molecular formula is C22H37FIN5O. The van der Waals surface area contributed by atoms with Crippen LogP contribution in [-0.2, 0) is 11.3 Å². The highest BCUT2D eigenvalue weighted by molar-refractivity contribution is 14.0. The van der Waals surface area contributed by atoms with Crippen molar-refractivity contribution in [1.82, 2.24) is 15.5 Å². The number of amides is 1. The highest BCUT2D eigenvalue weighted by Gasteiger charge is 2.23. The van der Waals surface area contributed by atoms with Crippen LogP contribution < -0.4 is 15.5 Å². The van der Waals surface area contributed by atoms with Crippen LogP contribution in [0.3, 0.4) is 0 Å². The monoisotopic (exact) mass is 533 g/mol. The fourth-order valence-electron chi connectivity index (χ4n) is 3.77. The Bertz CT molecular complexity index is 688. The molecule has 30 heavy (non-hydrogen) atoms. The molecule has 0 radical (unpaired) electrons. The minimum absolute atomic E-state index is 0. The molecule has 2 rings (SSSR count). The number of carbonyl (C=O) groups excluding carboxylic acids is 1. The number of nitrogens with zero attached hydrogens (tertiary/aromatic N) is 3. The third kappa shape index (κ3) is 7.59. The predicted octanol–water partition coefficient (Wildman–Crippen LogP) is 3.60. The molecule has 0 aliphatic carbocycles. The maximum absolute atomic E-state index is 14.5. The van der Waals surface area contributed by atoms with Crippen molar-refractivity contribution in [3.63, 3.8) is 0 Å². The first kappa shape index (κ1) is 26.5. The van der Waals surface area contributed by atoms with E-state index in [1.54, 1.807) is 13.1 Å². The molecule has 0 saturated carbocycles. The van der Waals surface area contributed by atoms with E-state index < -0.39 is 0 Å². The number of carbonyl (C=O) groups is 1. The second-order valence-corrected chi connectivity index (χ2v) is 7.44. The summed E-state index contributed by atoms with van der Waals surface area (Å²) in [5.74, 6) is 1.20. The maximum Gasteiger partial charge on any atom is 0.220 e. The van der Waals surface area contributed by atoms with E-state index in [4.69, 9.17) is 4.99 Å². The van der Waals surface area contributed by atoms with Gasteiger partial charge in [0.05, 0.1) is 12.2 Å². The average Bonchev–Trinajstić information content (AvgIpc) is 2.73. The number of likely N-dealkylation sites (tertiary alicyclic amines) is 1. The van der Waals surface area contributed by atoms with Crippen molar-refractivity contribution in [3.05, 3.63) is 29.6 Å². The number of aliphatic imine (C=N–C) groups is 1. The van der Waals surface area contributed by atoms with Gasteiger partial charge in [0.2, 0.25) is 5.91 Å². The Labute approximate surface area is 197 Å². The Hall–Kier alpha value is -1.58. The van der Waals surface area contributed by atoms with Crippen LogP contribution in [-0.4, -0.2) is 56.5 Å². The van der Waals surface area contributed by atoms with Crippen LogP contribution in [0.1, 0.15) is 45.6 Å². The van der Waals surface area contributed by atoms with Gasteiger partial charge in [-0.2, -0.15) is 0 Å². The summed E-state index contributed by atoms with van der Waals surface area (Å²) in [6.45, 7) is 10.7. The number of hydrogen-bond donors (Lipinski definition) is 2. The molecule has 2 N–H and O–H groups in total. The molecule has 1 heterocycles. The minimum Gasteiger partial charge on any atom is -0.370 e. The number of anilines is 1. The SMILES string of the molecule is CCNC(=NCc1ccc(N(CC)CC)c(F)c1)N1CCC(CC(=O)NC)CC1.I. The zero-order valence-electron chi connectivity index (χ0n) is 18.7. The van der Waals surface area contributed by atoms with Crippen molar-refractivity contribution in [2.75, 3.05) is 44.7 Å². The van der Waals surface area contributed by atoms with E-state index in [1.807, 2.05) is 37.8 Å². The van der Waals surface area contributed by atoms with Gasteiger partial charge < -0.3 is 20.4 Å². The van der Waals surface area contributed by atoms with Gasteiger partial charge in [-0.1, -0.05) is 6.07 Å². The van der Waals surface area contributed by atoms with Gasteiger partial charge in [-0.3, -0.25) is 4.79 Å². The number of benzene rings is 1. The Balaban J connectivity index is 0.00000450. The highest BCUT2D eigenvalue weighted by Crippen LogP contribution is 2.22. The quantitative estimate of drug-likeness (QED) is 0.305. The Kier molecular flexibility index (Phi) is 12.1. The van der Waals surface area contributed by atoms with E-state index in [9.17, 15) is 9.18 Å². The summed E-state index contributed by atoms with van der Waals surface area (Å²) in [6.07, 6.45) is 2.55. The molecular weight excluding hydrogens is 496 g/mol. The molecule has 0 bridgehead atoms. The van der Waals surface area contributed by atoms with Gasteiger partial charge in [-0.15, -0.1) is 24.0 Å². The van der Waals surface area contributed by atoms with Crippen LogP contribution >= 0.6 is 24.0 Å². The van der Waals surface area contributed by atoms with Gasteiger partial charge in [0, 0.05) is 46.2 Å². The van der Waals surface area contributed by atoms with Gasteiger partial charge in [0.1, 0.15) is 5.82 Å². The van der Waals surface area contributed by atoms with E-state index in [-0.39, 0.29) is 35.7 Å². The highest BCUT2D eigenvalue weighted by atomic mass is 127. The third-order valence-corrected chi connectivity index (χ3v) is 5.53.